The average Bonchev–Trinajstić information content (AvgIpc) is 3.26. The van der Waals surface area contributed by atoms with Gasteiger partial charge in [-0.25, -0.2) is 4.39 Å². The van der Waals surface area contributed by atoms with Crippen LogP contribution in [-0.2, 0) is 16.1 Å². The molecule has 3 aromatic rings. The van der Waals surface area contributed by atoms with E-state index in [-0.39, 0.29) is 18.8 Å². The molecule has 1 N–H and O–H groups in total. The summed E-state index contributed by atoms with van der Waals surface area (Å²) in [5, 5.41) is 17.3. The highest BCUT2D eigenvalue weighted by molar-refractivity contribution is 5.99. The summed E-state index contributed by atoms with van der Waals surface area (Å²) in [6.07, 6.45) is 0.602. The fourth-order valence-electron chi connectivity index (χ4n) is 2.92. The zero-order valence-electron chi connectivity index (χ0n) is 18.4. The number of aliphatic carboxylic acids is 1. The van der Waals surface area contributed by atoms with E-state index in [1.54, 1.807) is 36.4 Å². The smallest absolute Gasteiger partial charge is 0.307 e. The Morgan fingerprint density at radius 2 is 1.82 bits per heavy atom. The van der Waals surface area contributed by atoms with Gasteiger partial charge in [0.15, 0.2) is 11.5 Å². The third-order valence-corrected chi connectivity index (χ3v) is 4.39. The van der Waals surface area contributed by atoms with E-state index in [1.807, 2.05) is 13.8 Å². The van der Waals surface area contributed by atoms with Crippen LogP contribution in [0.25, 0.3) is 11.3 Å². The molecule has 0 bridgehead atoms. The first-order valence-corrected chi connectivity index (χ1v) is 10.5. The Labute approximate surface area is 190 Å². The predicted molar refractivity (Wildman–Crippen MR) is 119 cm³/mol. The number of hydrogen-bond donors (Lipinski definition) is 1. The Morgan fingerprint density at radius 1 is 1.09 bits per heavy atom. The number of aromatic nitrogens is 1. The molecule has 0 aliphatic carbocycles. The summed E-state index contributed by atoms with van der Waals surface area (Å²) in [6.45, 7) is 4.60. The highest BCUT2D eigenvalue weighted by Gasteiger charge is 2.16. The number of halogens is 1. The quantitative estimate of drug-likeness (QED) is 0.239. The minimum Gasteiger partial charge on any atom is -0.494 e. The van der Waals surface area contributed by atoms with Gasteiger partial charge < -0.3 is 23.9 Å². The van der Waals surface area contributed by atoms with Gasteiger partial charge in [0.1, 0.15) is 36.2 Å². The maximum absolute atomic E-state index is 13.2. The molecule has 174 valence electrons. The van der Waals surface area contributed by atoms with Crippen LogP contribution in [0.15, 0.2) is 58.2 Å². The molecule has 33 heavy (non-hydrogen) atoms. The second-order valence-corrected chi connectivity index (χ2v) is 7.06. The molecule has 0 unspecified atom stereocenters. The second-order valence-electron chi connectivity index (χ2n) is 7.06. The zero-order valence-corrected chi connectivity index (χ0v) is 18.4. The molecule has 0 atom stereocenters. The lowest BCUT2D eigenvalue weighted by Crippen LogP contribution is -2.14. The summed E-state index contributed by atoms with van der Waals surface area (Å²) >= 11 is 0. The van der Waals surface area contributed by atoms with Gasteiger partial charge in [0, 0.05) is 17.7 Å². The molecule has 0 radical (unpaired) electrons. The van der Waals surface area contributed by atoms with Crippen molar-refractivity contribution in [3.63, 3.8) is 0 Å². The minimum atomic E-state index is -0.959. The Hall–Kier alpha value is -3.88. The van der Waals surface area contributed by atoms with Gasteiger partial charge in [-0.1, -0.05) is 17.2 Å². The molecule has 1 heterocycles. The third kappa shape index (κ3) is 7.06. The number of rotatable bonds is 12. The van der Waals surface area contributed by atoms with Gasteiger partial charge in [-0.2, -0.15) is 0 Å². The summed E-state index contributed by atoms with van der Waals surface area (Å²) in [5.74, 6) is -0.0523. The van der Waals surface area contributed by atoms with E-state index >= 15 is 0 Å². The third-order valence-electron chi connectivity index (χ3n) is 4.39. The molecule has 0 aliphatic rings. The lowest BCUT2D eigenvalue weighted by molar-refractivity contribution is -0.136. The summed E-state index contributed by atoms with van der Waals surface area (Å²) in [6, 6.07) is 12.5. The SMILES string of the molecule is CCCO/N=C(\COc1cc(CC(=O)O)cc(OCC)c1)c1cc(-c2ccc(F)cc2)no1. The molecular weight excluding hydrogens is 431 g/mol. The van der Waals surface area contributed by atoms with E-state index in [2.05, 4.69) is 10.3 Å². The van der Waals surface area contributed by atoms with Crippen LogP contribution in [0.2, 0.25) is 0 Å². The van der Waals surface area contributed by atoms with Gasteiger partial charge in [-0.3, -0.25) is 4.79 Å². The monoisotopic (exact) mass is 456 g/mol. The molecule has 9 heteroatoms. The van der Waals surface area contributed by atoms with Crippen LogP contribution in [0.4, 0.5) is 4.39 Å². The number of benzene rings is 2. The van der Waals surface area contributed by atoms with Crippen LogP contribution in [0.5, 0.6) is 11.5 Å². The minimum absolute atomic E-state index is 0.0240. The van der Waals surface area contributed by atoms with E-state index in [1.165, 1.54) is 12.1 Å². The largest absolute Gasteiger partial charge is 0.494 e. The molecular formula is C24H25FN2O6. The van der Waals surface area contributed by atoms with Crippen molar-refractivity contribution in [3.8, 4) is 22.8 Å². The number of ether oxygens (including phenoxy) is 2. The Bertz CT molecular complexity index is 1090. The van der Waals surface area contributed by atoms with E-state index in [4.69, 9.17) is 23.9 Å². The molecule has 0 aliphatic heterocycles. The molecule has 0 saturated carbocycles. The Balaban J connectivity index is 1.81. The molecule has 0 spiro atoms. The summed E-state index contributed by atoms with van der Waals surface area (Å²) < 4.78 is 30.0. The van der Waals surface area contributed by atoms with Crippen LogP contribution >= 0.6 is 0 Å². The average molecular weight is 456 g/mol. The van der Waals surface area contributed by atoms with Crippen molar-refractivity contribution in [3.05, 3.63) is 65.7 Å². The van der Waals surface area contributed by atoms with Crippen molar-refractivity contribution in [2.24, 2.45) is 5.16 Å². The summed E-state index contributed by atoms with van der Waals surface area (Å²) in [5.41, 5.74) is 2.09. The van der Waals surface area contributed by atoms with Crippen LogP contribution in [-0.4, -0.2) is 41.8 Å². The number of carboxylic acids is 1. The van der Waals surface area contributed by atoms with Crippen LogP contribution < -0.4 is 9.47 Å². The fraction of sp³-hybridized carbons (Fsp3) is 0.292. The maximum atomic E-state index is 13.2. The van der Waals surface area contributed by atoms with Crippen LogP contribution in [0.1, 0.15) is 31.6 Å². The molecule has 3 rings (SSSR count). The molecule has 2 aromatic carbocycles. The number of nitrogens with zero attached hydrogens (tertiary/aromatic N) is 2. The van der Waals surface area contributed by atoms with E-state index in [0.717, 1.165) is 6.42 Å². The Kier molecular flexibility index (Phi) is 8.40. The number of carboxylic acid groups (broad SMARTS) is 1. The number of hydrogen-bond acceptors (Lipinski definition) is 7. The highest BCUT2D eigenvalue weighted by Crippen LogP contribution is 2.25. The first-order valence-electron chi connectivity index (χ1n) is 10.5. The summed E-state index contributed by atoms with van der Waals surface area (Å²) in [4.78, 5) is 16.5. The van der Waals surface area contributed by atoms with E-state index in [9.17, 15) is 9.18 Å². The van der Waals surface area contributed by atoms with Crippen LogP contribution in [0, 0.1) is 5.82 Å². The van der Waals surface area contributed by atoms with Gasteiger partial charge in [0.05, 0.1) is 13.0 Å². The lowest BCUT2D eigenvalue weighted by Gasteiger charge is -2.11. The van der Waals surface area contributed by atoms with Gasteiger partial charge in [0.25, 0.3) is 0 Å². The molecule has 0 amide bonds. The topological polar surface area (TPSA) is 103 Å². The van der Waals surface area contributed by atoms with Crippen molar-refractivity contribution in [2.75, 3.05) is 19.8 Å². The molecule has 0 saturated heterocycles. The number of carbonyl (C=O) groups is 1. The molecule has 0 fully saturated rings. The van der Waals surface area contributed by atoms with Crippen molar-refractivity contribution >= 4 is 11.7 Å². The standard InChI is InChI=1S/C24H25FN2O6/c1-3-9-32-26-22(23-14-21(27-33-23)17-5-7-18(25)8-6-17)15-31-20-11-16(12-24(28)29)10-19(13-20)30-4-2/h5-8,10-11,13-14H,3-4,9,12,15H2,1-2H3,(H,28,29)/b26-22+. The summed E-state index contributed by atoms with van der Waals surface area (Å²) in [7, 11) is 0. The van der Waals surface area contributed by atoms with Gasteiger partial charge >= 0.3 is 5.97 Å². The fourth-order valence-corrected chi connectivity index (χ4v) is 2.92. The van der Waals surface area contributed by atoms with Crippen molar-refractivity contribution in [1.82, 2.24) is 5.16 Å². The van der Waals surface area contributed by atoms with Crippen molar-refractivity contribution in [2.45, 2.75) is 26.7 Å². The molecule has 1 aromatic heterocycles. The van der Waals surface area contributed by atoms with E-state index in [0.29, 0.717) is 53.0 Å². The molecule has 8 nitrogen and oxygen atoms in total. The lowest BCUT2D eigenvalue weighted by atomic mass is 10.1. The van der Waals surface area contributed by atoms with Crippen molar-refractivity contribution < 1.29 is 33.1 Å². The van der Waals surface area contributed by atoms with Gasteiger partial charge in [-0.05, 0) is 55.3 Å². The van der Waals surface area contributed by atoms with Crippen LogP contribution in [0.3, 0.4) is 0 Å². The maximum Gasteiger partial charge on any atom is 0.307 e. The first kappa shape index (κ1) is 23.8. The normalized spacial score (nSPS) is 11.3. The Morgan fingerprint density at radius 3 is 2.48 bits per heavy atom. The van der Waals surface area contributed by atoms with Crippen molar-refractivity contribution in [1.29, 1.82) is 0 Å². The number of oxime groups is 1. The zero-order chi connectivity index (χ0) is 23.6. The first-order chi connectivity index (χ1) is 16.0. The second kappa shape index (κ2) is 11.7. The highest BCUT2D eigenvalue weighted by atomic mass is 19.1. The van der Waals surface area contributed by atoms with E-state index < -0.39 is 5.97 Å². The predicted octanol–water partition coefficient (Wildman–Crippen LogP) is 4.72. The van der Waals surface area contributed by atoms with Gasteiger partial charge in [0.2, 0.25) is 0 Å². The van der Waals surface area contributed by atoms with Gasteiger partial charge in [-0.15, -0.1) is 0 Å².